The van der Waals surface area contributed by atoms with Crippen LogP contribution in [0.15, 0.2) is 29.4 Å². The SMILES string of the molecule is Cc1ccc2c(c1)[C@@H]1CN(C)CC[C@@H]1N2S(=O)(=O)c1nc2cc(C)nc(C)n2n1. The van der Waals surface area contributed by atoms with Gasteiger partial charge in [-0.15, -0.1) is 5.10 Å². The fourth-order valence-electron chi connectivity index (χ4n) is 4.70. The summed E-state index contributed by atoms with van der Waals surface area (Å²) in [6, 6.07) is 7.65. The molecule has 29 heavy (non-hydrogen) atoms. The van der Waals surface area contributed by atoms with Crippen LogP contribution in [0.5, 0.6) is 0 Å². The lowest BCUT2D eigenvalue weighted by molar-refractivity contribution is 0.237. The summed E-state index contributed by atoms with van der Waals surface area (Å²) in [5.41, 5.74) is 4.27. The first-order valence-electron chi connectivity index (χ1n) is 9.80. The number of fused-ring (bicyclic) bond motifs is 4. The maximum Gasteiger partial charge on any atom is 0.302 e. The first-order valence-corrected chi connectivity index (χ1v) is 11.2. The highest BCUT2D eigenvalue weighted by Gasteiger charge is 2.47. The fourth-order valence-corrected chi connectivity index (χ4v) is 6.31. The normalized spacial score (nSPS) is 22.1. The number of aryl methyl sites for hydroxylation is 3. The first-order chi connectivity index (χ1) is 13.8. The monoisotopic (exact) mass is 412 g/mol. The standard InChI is InChI=1S/C20H24N6O2S/c1-12-5-6-17-15(9-12)16-11-24(4)8-7-18(16)26(17)29(27,28)20-22-19-10-13(2)21-14(3)25(19)23-20/h5-6,9-10,16,18H,7-8,11H2,1-4H3/t16-,18-/m0/s1. The minimum atomic E-state index is -3.90. The Balaban J connectivity index is 1.67. The van der Waals surface area contributed by atoms with Crippen molar-refractivity contribution in [1.82, 2.24) is 24.5 Å². The smallest absolute Gasteiger partial charge is 0.302 e. The summed E-state index contributed by atoms with van der Waals surface area (Å²) in [6.45, 7) is 7.40. The molecule has 2 atom stereocenters. The molecule has 0 amide bonds. The zero-order valence-electron chi connectivity index (χ0n) is 17.0. The van der Waals surface area contributed by atoms with Crippen LogP contribution >= 0.6 is 0 Å². The quantitative estimate of drug-likeness (QED) is 0.641. The van der Waals surface area contributed by atoms with E-state index in [1.54, 1.807) is 17.3 Å². The predicted molar refractivity (Wildman–Crippen MR) is 110 cm³/mol. The van der Waals surface area contributed by atoms with Crippen LogP contribution in [0.4, 0.5) is 5.69 Å². The molecule has 9 heteroatoms. The number of likely N-dealkylation sites (N-methyl/N-ethyl adjacent to an activating group) is 1. The number of nitrogens with zero attached hydrogens (tertiary/aromatic N) is 6. The van der Waals surface area contributed by atoms with Crippen LogP contribution in [0.25, 0.3) is 5.65 Å². The van der Waals surface area contributed by atoms with E-state index in [1.165, 1.54) is 4.52 Å². The van der Waals surface area contributed by atoms with Crippen molar-refractivity contribution < 1.29 is 8.42 Å². The molecule has 0 aliphatic carbocycles. The van der Waals surface area contributed by atoms with E-state index in [0.717, 1.165) is 42.0 Å². The second kappa shape index (κ2) is 6.24. The molecule has 1 fully saturated rings. The van der Waals surface area contributed by atoms with Crippen LogP contribution in [0.1, 0.15) is 35.0 Å². The number of anilines is 1. The van der Waals surface area contributed by atoms with Crippen molar-refractivity contribution in [2.75, 3.05) is 24.4 Å². The molecule has 1 aromatic carbocycles. The lowest BCUT2D eigenvalue weighted by atomic mass is 9.89. The summed E-state index contributed by atoms with van der Waals surface area (Å²) in [7, 11) is -1.81. The Labute approximate surface area is 170 Å². The summed E-state index contributed by atoms with van der Waals surface area (Å²) in [5, 5.41) is 4.15. The second-order valence-corrected chi connectivity index (χ2v) is 9.91. The molecule has 0 saturated carbocycles. The van der Waals surface area contributed by atoms with Crippen LogP contribution in [0.2, 0.25) is 0 Å². The summed E-state index contributed by atoms with van der Waals surface area (Å²) < 4.78 is 30.5. The highest BCUT2D eigenvalue weighted by molar-refractivity contribution is 7.92. The molecule has 0 N–H and O–H groups in total. The first kappa shape index (κ1) is 18.5. The zero-order valence-corrected chi connectivity index (χ0v) is 17.8. The Bertz CT molecular complexity index is 1240. The number of sulfonamides is 1. The number of aromatic nitrogens is 4. The number of benzene rings is 1. The van der Waals surface area contributed by atoms with E-state index in [-0.39, 0.29) is 17.1 Å². The Morgan fingerprint density at radius 1 is 1.10 bits per heavy atom. The molecule has 5 rings (SSSR count). The van der Waals surface area contributed by atoms with Gasteiger partial charge >= 0.3 is 10.0 Å². The Morgan fingerprint density at radius 3 is 2.69 bits per heavy atom. The van der Waals surface area contributed by atoms with Crippen molar-refractivity contribution in [3.8, 4) is 0 Å². The number of hydrogen-bond acceptors (Lipinski definition) is 6. The Kier molecular flexibility index (Phi) is 3.98. The molecule has 2 aliphatic heterocycles. The Hall–Kier alpha value is -2.52. The molecule has 2 aliphatic rings. The van der Waals surface area contributed by atoms with Gasteiger partial charge in [0.05, 0.1) is 11.7 Å². The number of likely N-dealkylation sites (tertiary alicyclic amines) is 1. The summed E-state index contributed by atoms with van der Waals surface area (Å²) in [5.74, 6) is 0.768. The Morgan fingerprint density at radius 2 is 1.90 bits per heavy atom. The topological polar surface area (TPSA) is 83.7 Å². The molecule has 0 unspecified atom stereocenters. The van der Waals surface area contributed by atoms with Crippen molar-refractivity contribution >= 4 is 21.4 Å². The van der Waals surface area contributed by atoms with Gasteiger partial charge in [-0.3, -0.25) is 4.31 Å². The summed E-state index contributed by atoms with van der Waals surface area (Å²) in [6.07, 6.45) is 0.779. The average molecular weight is 413 g/mol. The van der Waals surface area contributed by atoms with Crippen molar-refractivity contribution in [2.24, 2.45) is 0 Å². The molecule has 4 heterocycles. The third kappa shape index (κ3) is 2.75. The fraction of sp³-hybridized carbons (Fsp3) is 0.450. The van der Waals surface area contributed by atoms with Crippen LogP contribution in [-0.2, 0) is 10.0 Å². The largest absolute Gasteiger partial charge is 0.306 e. The van der Waals surface area contributed by atoms with Crippen LogP contribution in [-0.4, -0.2) is 59.1 Å². The third-order valence-electron chi connectivity index (χ3n) is 5.99. The molecule has 2 aromatic heterocycles. The minimum Gasteiger partial charge on any atom is -0.306 e. The van der Waals surface area contributed by atoms with Gasteiger partial charge in [-0.2, -0.15) is 17.9 Å². The van der Waals surface area contributed by atoms with Crippen molar-refractivity contribution in [3.05, 3.63) is 46.9 Å². The molecule has 3 aromatic rings. The highest BCUT2D eigenvalue weighted by Crippen LogP contribution is 2.47. The average Bonchev–Trinajstić information content (AvgIpc) is 3.21. The number of piperidine rings is 1. The molecule has 0 bridgehead atoms. The van der Waals surface area contributed by atoms with Gasteiger partial charge in [0.25, 0.3) is 5.16 Å². The van der Waals surface area contributed by atoms with Gasteiger partial charge in [0.1, 0.15) is 5.82 Å². The molecular weight excluding hydrogens is 388 g/mol. The van der Waals surface area contributed by atoms with Gasteiger partial charge in [0.15, 0.2) is 5.65 Å². The maximum atomic E-state index is 13.7. The van der Waals surface area contributed by atoms with Gasteiger partial charge in [-0.25, -0.2) is 4.98 Å². The zero-order chi connectivity index (χ0) is 20.5. The minimum absolute atomic E-state index is 0.111. The van der Waals surface area contributed by atoms with Gasteiger partial charge in [0, 0.05) is 24.2 Å². The van der Waals surface area contributed by atoms with E-state index in [9.17, 15) is 8.42 Å². The molecular formula is C20H24N6O2S. The van der Waals surface area contributed by atoms with Gasteiger partial charge in [-0.1, -0.05) is 17.7 Å². The van der Waals surface area contributed by atoms with E-state index in [0.29, 0.717) is 11.5 Å². The van der Waals surface area contributed by atoms with Crippen molar-refractivity contribution in [3.63, 3.8) is 0 Å². The van der Waals surface area contributed by atoms with Crippen LogP contribution in [0.3, 0.4) is 0 Å². The molecule has 1 saturated heterocycles. The van der Waals surface area contributed by atoms with Gasteiger partial charge < -0.3 is 4.90 Å². The van der Waals surface area contributed by atoms with E-state index in [4.69, 9.17) is 0 Å². The maximum absolute atomic E-state index is 13.7. The van der Waals surface area contributed by atoms with Crippen molar-refractivity contribution in [1.29, 1.82) is 0 Å². The second-order valence-electron chi connectivity index (χ2n) is 8.20. The highest BCUT2D eigenvalue weighted by atomic mass is 32.2. The van der Waals surface area contributed by atoms with E-state index in [2.05, 4.69) is 33.1 Å². The van der Waals surface area contributed by atoms with Gasteiger partial charge in [0.2, 0.25) is 0 Å². The van der Waals surface area contributed by atoms with Gasteiger partial charge in [-0.05, 0) is 52.4 Å². The summed E-state index contributed by atoms with van der Waals surface area (Å²) >= 11 is 0. The van der Waals surface area contributed by atoms with E-state index < -0.39 is 10.0 Å². The van der Waals surface area contributed by atoms with E-state index >= 15 is 0 Å². The van der Waals surface area contributed by atoms with Crippen LogP contribution < -0.4 is 4.31 Å². The lowest BCUT2D eigenvalue weighted by Gasteiger charge is -2.36. The van der Waals surface area contributed by atoms with E-state index in [1.807, 2.05) is 26.0 Å². The molecule has 8 nitrogen and oxygen atoms in total. The summed E-state index contributed by atoms with van der Waals surface area (Å²) in [4.78, 5) is 11.0. The third-order valence-corrected chi connectivity index (χ3v) is 7.61. The molecule has 0 radical (unpaired) electrons. The molecule has 0 spiro atoms. The predicted octanol–water partition coefficient (Wildman–Crippen LogP) is 2.05. The number of rotatable bonds is 2. The number of hydrogen-bond donors (Lipinski definition) is 0. The molecule has 152 valence electrons. The lowest BCUT2D eigenvalue weighted by Crippen LogP contribution is -2.47. The van der Waals surface area contributed by atoms with Crippen molar-refractivity contribution in [2.45, 2.75) is 44.3 Å². The van der Waals surface area contributed by atoms with Crippen LogP contribution in [0, 0.1) is 20.8 Å².